The molecule has 2 aliphatic carbocycles. The summed E-state index contributed by atoms with van der Waals surface area (Å²) in [5.41, 5.74) is 0. The first kappa shape index (κ1) is 12.0. The fourth-order valence-electron chi connectivity index (χ4n) is 4.06. The standard InChI is InChI=1S/C14H22N2O2/c1-2-11-14(18)16(6-5-13(17)15-11)12-8-9-3-4-10(12)7-9/h9-12H,2-8H2,1H3,(H,15,17). The minimum atomic E-state index is -0.292. The lowest BCUT2D eigenvalue weighted by Gasteiger charge is -2.35. The van der Waals surface area contributed by atoms with E-state index in [2.05, 4.69) is 5.32 Å². The van der Waals surface area contributed by atoms with E-state index in [0.717, 1.165) is 5.92 Å². The van der Waals surface area contributed by atoms with Crippen LogP contribution in [0.15, 0.2) is 0 Å². The largest absolute Gasteiger partial charge is 0.344 e. The Balaban J connectivity index is 1.77. The van der Waals surface area contributed by atoms with Gasteiger partial charge in [0.1, 0.15) is 6.04 Å². The third-order valence-electron chi connectivity index (χ3n) is 5.01. The average molecular weight is 250 g/mol. The fraction of sp³-hybridized carbons (Fsp3) is 0.857. The number of fused-ring (bicyclic) bond motifs is 2. The first-order chi connectivity index (χ1) is 8.69. The highest BCUT2D eigenvalue weighted by molar-refractivity contribution is 5.90. The molecule has 2 amide bonds. The van der Waals surface area contributed by atoms with E-state index in [-0.39, 0.29) is 17.9 Å². The van der Waals surface area contributed by atoms with Crippen molar-refractivity contribution >= 4 is 11.8 Å². The van der Waals surface area contributed by atoms with Gasteiger partial charge in [0.25, 0.3) is 0 Å². The second-order valence-electron chi connectivity index (χ2n) is 6.05. The van der Waals surface area contributed by atoms with Crippen molar-refractivity contribution in [2.45, 2.75) is 57.5 Å². The number of carbonyl (C=O) groups excluding carboxylic acids is 2. The molecule has 4 atom stereocenters. The molecule has 3 fully saturated rings. The van der Waals surface area contributed by atoms with Crippen LogP contribution in [-0.2, 0) is 9.59 Å². The van der Waals surface area contributed by atoms with E-state index in [1.807, 2.05) is 11.8 Å². The van der Waals surface area contributed by atoms with Gasteiger partial charge in [-0.1, -0.05) is 13.3 Å². The number of carbonyl (C=O) groups is 2. The third-order valence-corrected chi connectivity index (χ3v) is 5.01. The number of rotatable bonds is 2. The smallest absolute Gasteiger partial charge is 0.245 e. The molecule has 0 radical (unpaired) electrons. The molecular formula is C14H22N2O2. The number of nitrogens with one attached hydrogen (secondary N) is 1. The molecular weight excluding hydrogens is 228 g/mol. The van der Waals surface area contributed by atoms with Gasteiger partial charge in [-0.25, -0.2) is 0 Å². The quantitative estimate of drug-likeness (QED) is 0.803. The topological polar surface area (TPSA) is 49.4 Å². The third kappa shape index (κ3) is 1.91. The molecule has 0 aromatic carbocycles. The molecule has 18 heavy (non-hydrogen) atoms. The molecule has 1 aliphatic heterocycles. The average Bonchev–Trinajstić information content (AvgIpc) is 2.94. The molecule has 100 valence electrons. The number of hydrogen-bond acceptors (Lipinski definition) is 2. The summed E-state index contributed by atoms with van der Waals surface area (Å²) >= 11 is 0. The van der Waals surface area contributed by atoms with E-state index in [1.54, 1.807) is 0 Å². The van der Waals surface area contributed by atoms with Gasteiger partial charge >= 0.3 is 0 Å². The van der Waals surface area contributed by atoms with Gasteiger partial charge < -0.3 is 10.2 Å². The summed E-state index contributed by atoms with van der Waals surface area (Å²) in [6.07, 6.45) is 6.25. The van der Waals surface area contributed by atoms with Crippen molar-refractivity contribution in [2.24, 2.45) is 11.8 Å². The van der Waals surface area contributed by atoms with Crippen LogP contribution in [0.25, 0.3) is 0 Å². The Bertz CT molecular complexity index is 369. The minimum Gasteiger partial charge on any atom is -0.344 e. The molecule has 4 unspecified atom stereocenters. The Morgan fingerprint density at radius 2 is 2.11 bits per heavy atom. The van der Waals surface area contributed by atoms with Crippen LogP contribution in [0.5, 0.6) is 0 Å². The van der Waals surface area contributed by atoms with Gasteiger partial charge in [-0.2, -0.15) is 0 Å². The lowest BCUT2D eigenvalue weighted by Crippen LogP contribution is -2.49. The van der Waals surface area contributed by atoms with E-state index in [1.165, 1.54) is 25.7 Å². The second kappa shape index (κ2) is 4.56. The van der Waals surface area contributed by atoms with Crippen LogP contribution in [0.4, 0.5) is 0 Å². The second-order valence-corrected chi connectivity index (χ2v) is 6.05. The predicted molar refractivity (Wildman–Crippen MR) is 67.8 cm³/mol. The van der Waals surface area contributed by atoms with E-state index in [0.29, 0.717) is 31.3 Å². The maximum absolute atomic E-state index is 12.5. The van der Waals surface area contributed by atoms with Crippen LogP contribution in [0.3, 0.4) is 0 Å². The van der Waals surface area contributed by atoms with Crippen molar-refractivity contribution in [3.63, 3.8) is 0 Å². The van der Waals surface area contributed by atoms with Crippen molar-refractivity contribution in [3.8, 4) is 0 Å². The highest BCUT2D eigenvalue weighted by Crippen LogP contribution is 2.46. The number of nitrogens with zero attached hydrogens (tertiary/aromatic N) is 1. The van der Waals surface area contributed by atoms with Crippen LogP contribution < -0.4 is 5.32 Å². The zero-order valence-corrected chi connectivity index (χ0v) is 11.0. The van der Waals surface area contributed by atoms with Crippen molar-refractivity contribution in [2.75, 3.05) is 6.54 Å². The normalized spacial score (nSPS) is 39.9. The first-order valence-electron chi connectivity index (χ1n) is 7.29. The zero-order chi connectivity index (χ0) is 12.7. The van der Waals surface area contributed by atoms with E-state index < -0.39 is 0 Å². The summed E-state index contributed by atoms with van der Waals surface area (Å²) in [6.45, 7) is 2.59. The number of hydrogen-bond donors (Lipinski definition) is 1. The summed E-state index contributed by atoms with van der Waals surface area (Å²) in [5, 5.41) is 2.85. The van der Waals surface area contributed by atoms with Gasteiger partial charge in [-0.05, 0) is 37.5 Å². The summed E-state index contributed by atoms with van der Waals surface area (Å²) in [5.74, 6) is 1.71. The fourth-order valence-corrected chi connectivity index (χ4v) is 4.06. The lowest BCUT2D eigenvalue weighted by molar-refractivity contribution is -0.136. The van der Waals surface area contributed by atoms with E-state index in [4.69, 9.17) is 0 Å². The summed E-state index contributed by atoms with van der Waals surface area (Å²) < 4.78 is 0. The Morgan fingerprint density at radius 3 is 2.72 bits per heavy atom. The summed E-state index contributed by atoms with van der Waals surface area (Å²) in [6, 6.07) is 0.122. The maximum Gasteiger partial charge on any atom is 0.245 e. The molecule has 4 heteroatoms. The first-order valence-corrected chi connectivity index (χ1v) is 7.29. The number of amides is 2. The van der Waals surface area contributed by atoms with Gasteiger partial charge in [0.2, 0.25) is 11.8 Å². The SMILES string of the molecule is CCC1NC(=O)CCN(C2CC3CCC2C3)C1=O. The molecule has 2 saturated carbocycles. The van der Waals surface area contributed by atoms with Crippen LogP contribution in [0.2, 0.25) is 0 Å². The molecule has 1 N–H and O–H groups in total. The van der Waals surface area contributed by atoms with Gasteiger partial charge in [0.05, 0.1) is 0 Å². The highest BCUT2D eigenvalue weighted by atomic mass is 16.2. The van der Waals surface area contributed by atoms with Crippen molar-refractivity contribution in [1.82, 2.24) is 10.2 Å². The monoisotopic (exact) mass is 250 g/mol. The predicted octanol–water partition coefficient (Wildman–Crippen LogP) is 1.30. The molecule has 0 spiro atoms. The highest BCUT2D eigenvalue weighted by Gasteiger charge is 2.45. The molecule has 4 nitrogen and oxygen atoms in total. The van der Waals surface area contributed by atoms with Crippen LogP contribution in [0, 0.1) is 11.8 Å². The van der Waals surface area contributed by atoms with E-state index in [9.17, 15) is 9.59 Å². The molecule has 1 heterocycles. The van der Waals surface area contributed by atoms with Crippen LogP contribution in [-0.4, -0.2) is 35.3 Å². The minimum absolute atomic E-state index is 0.0286. The van der Waals surface area contributed by atoms with Gasteiger partial charge in [-0.3, -0.25) is 9.59 Å². The van der Waals surface area contributed by atoms with Crippen molar-refractivity contribution in [1.29, 1.82) is 0 Å². The molecule has 1 saturated heterocycles. The summed E-state index contributed by atoms with van der Waals surface area (Å²) in [7, 11) is 0. The lowest BCUT2D eigenvalue weighted by atomic mass is 9.93. The molecule has 0 aromatic heterocycles. The Kier molecular flexibility index (Phi) is 3.04. The van der Waals surface area contributed by atoms with Crippen LogP contribution in [0.1, 0.15) is 45.4 Å². The molecule has 2 bridgehead atoms. The maximum atomic E-state index is 12.5. The van der Waals surface area contributed by atoms with Crippen molar-refractivity contribution < 1.29 is 9.59 Å². The van der Waals surface area contributed by atoms with Gasteiger partial charge in [0, 0.05) is 19.0 Å². The summed E-state index contributed by atoms with van der Waals surface area (Å²) in [4.78, 5) is 26.1. The Hall–Kier alpha value is -1.06. The molecule has 0 aromatic rings. The van der Waals surface area contributed by atoms with Gasteiger partial charge in [-0.15, -0.1) is 0 Å². The zero-order valence-electron chi connectivity index (χ0n) is 11.0. The van der Waals surface area contributed by atoms with Crippen LogP contribution >= 0.6 is 0 Å². The molecule has 3 aliphatic rings. The van der Waals surface area contributed by atoms with E-state index >= 15 is 0 Å². The molecule has 3 rings (SSSR count). The van der Waals surface area contributed by atoms with Crippen molar-refractivity contribution in [3.05, 3.63) is 0 Å². The van der Waals surface area contributed by atoms with Gasteiger partial charge in [0.15, 0.2) is 0 Å². The Labute approximate surface area is 108 Å². The Morgan fingerprint density at radius 1 is 1.28 bits per heavy atom.